The van der Waals surface area contributed by atoms with Gasteiger partial charge in [-0.1, -0.05) is 37.6 Å². The highest BCUT2D eigenvalue weighted by Crippen LogP contribution is 2.19. The maximum atomic E-state index is 6.20. The second kappa shape index (κ2) is 6.31. The van der Waals surface area contributed by atoms with E-state index < -0.39 is 0 Å². The zero-order valence-corrected chi connectivity index (χ0v) is 9.85. The van der Waals surface area contributed by atoms with E-state index in [1.54, 1.807) is 0 Å². The molecule has 77 valence electrons. The molecule has 1 radical (unpaired) electrons. The van der Waals surface area contributed by atoms with Crippen LogP contribution in [0.2, 0.25) is 0 Å². The monoisotopic (exact) mass is 229 g/mol. The van der Waals surface area contributed by atoms with E-state index in [-0.39, 0.29) is 10.8 Å². The van der Waals surface area contributed by atoms with Crippen molar-refractivity contribution in [1.82, 2.24) is 0 Å². The van der Waals surface area contributed by atoms with Gasteiger partial charge in [-0.05, 0) is 24.5 Å². The van der Waals surface area contributed by atoms with Gasteiger partial charge in [-0.15, -0.1) is 23.2 Å². The van der Waals surface area contributed by atoms with Crippen LogP contribution in [0.3, 0.4) is 0 Å². The van der Waals surface area contributed by atoms with E-state index in [1.165, 1.54) is 5.56 Å². The summed E-state index contributed by atoms with van der Waals surface area (Å²) >= 11 is 12.3. The van der Waals surface area contributed by atoms with Crippen LogP contribution in [-0.2, 0) is 6.42 Å². The van der Waals surface area contributed by atoms with Crippen LogP contribution in [0.25, 0.3) is 0 Å². The molecule has 0 aromatic heterocycles. The average molecular weight is 230 g/mol. The number of alkyl halides is 2. The summed E-state index contributed by atoms with van der Waals surface area (Å²) in [5.74, 6) is 0. The van der Waals surface area contributed by atoms with Crippen LogP contribution < -0.4 is 0 Å². The van der Waals surface area contributed by atoms with E-state index in [2.05, 4.69) is 13.0 Å². The molecule has 2 unspecified atom stereocenters. The fourth-order valence-electron chi connectivity index (χ4n) is 1.37. The Hall–Kier alpha value is -0.200. The van der Waals surface area contributed by atoms with Gasteiger partial charge in [0.2, 0.25) is 0 Å². The van der Waals surface area contributed by atoms with Crippen molar-refractivity contribution >= 4 is 23.2 Å². The first-order valence-corrected chi connectivity index (χ1v) is 5.84. The quantitative estimate of drug-likeness (QED) is 0.669. The molecule has 0 saturated carbocycles. The Morgan fingerprint density at radius 1 is 1.21 bits per heavy atom. The second-order valence-electron chi connectivity index (χ2n) is 3.43. The maximum Gasteiger partial charge on any atom is 0.0540 e. The highest BCUT2D eigenvalue weighted by molar-refractivity contribution is 6.30. The molecule has 14 heavy (non-hydrogen) atoms. The summed E-state index contributed by atoms with van der Waals surface area (Å²) in [6.45, 7) is 2.12. The van der Waals surface area contributed by atoms with Crippen LogP contribution >= 0.6 is 23.2 Å². The molecule has 0 nitrogen and oxygen atoms in total. The third-order valence-electron chi connectivity index (χ3n) is 2.17. The Bertz CT molecular complexity index is 246. The lowest BCUT2D eigenvalue weighted by molar-refractivity contribution is 0.683. The standard InChI is InChI=1S/C12H15Cl2/c1-2-6-11(13)12(14)9-10-7-4-3-5-8-10/h4-5,7-8,11-12H,2,6,9H2,1H3. The highest BCUT2D eigenvalue weighted by Gasteiger charge is 2.15. The van der Waals surface area contributed by atoms with Crippen LogP contribution in [0.1, 0.15) is 25.3 Å². The zero-order valence-electron chi connectivity index (χ0n) is 8.34. The molecule has 0 bridgehead atoms. The number of rotatable bonds is 5. The van der Waals surface area contributed by atoms with Crippen LogP contribution in [0.4, 0.5) is 0 Å². The predicted octanol–water partition coefficient (Wildman–Crippen LogP) is 4.04. The molecule has 2 heteroatoms. The molecule has 0 aliphatic carbocycles. The third kappa shape index (κ3) is 3.89. The van der Waals surface area contributed by atoms with Crippen LogP contribution in [0, 0.1) is 6.07 Å². The fraction of sp³-hybridized carbons (Fsp3) is 0.500. The van der Waals surface area contributed by atoms with Crippen molar-refractivity contribution in [2.24, 2.45) is 0 Å². The summed E-state index contributed by atoms with van der Waals surface area (Å²) in [6.07, 6.45) is 2.90. The normalized spacial score (nSPS) is 15.1. The van der Waals surface area contributed by atoms with Gasteiger partial charge in [-0.2, -0.15) is 0 Å². The molecule has 0 aliphatic heterocycles. The molecule has 0 amide bonds. The van der Waals surface area contributed by atoms with E-state index in [1.807, 2.05) is 24.3 Å². The van der Waals surface area contributed by atoms with Gasteiger partial charge in [0.25, 0.3) is 0 Å². The molecule has 0 N–H and O–H groups in total. The van der Waals surface area contributed by atoms with Crippen molar-refractivity contribution < 1.29 is 0 Å². The van der Waals surface area contributed by atoms with Gasteiger partial charge in [-0.3, -0.25) is 0 Å². The molecule has 2 atom stereocenters. The van der Waals surface area contributed by atoms with Gasteiger partial charge in [-0.25, -0.2) is 0 Å². The van der Waals surface area contributed by atoms with Crippen molar-refractivity contribution in [1.29, 1.82) is 0 Å². The van der Waals surface area contributed by atoms with E-state index in [4.69, 9.17) is 23.2 Å². The first kappa shape index (κ1) is 11.9. The summed E-state index contributed by atoms with van der Waals surface area (Å²) in [4.78, 5) is 0. The van der Waals surface area contributed by atoms with E-state index >= 15 is 0 Å². The molecule has 1 aromatic carbocycles. The molecule has 0 saturated heterocycles. The highest BCUT2D eigenvalue weighted by atomic mass is 35.5. The average Bonchev–Trinajstić information content (AvgIpc) is 2.19. The first-order valence-electron chi connectivity index (χ1n) is 4.97. The van der Waals surface area contributed by atoms with Crippen molar-refractivity contribution in [3.05, 3.63) is 35.9 Å². The van der Waals surface area contributed by atoms with Crippen molar-refractivity contribution in [3.63, 3.8) is 0 Å². The molecular weight excluding hydrogens is 215 g/mol. The van der Waals surface area contributed by atoms with Gasteiger partial charge in [0.15, 0.2) is 0 Å². The molecule has 0 spiro atoms. The Morgan fingerprint density at radius 3 is 2.43 bits per heavy atom. The molecule has 1 rings (SSSR count). The maximum absolute atomic E-state index is 6.20. The minimum absolute atomic E-state index is 0.0269. The lowest BCUT2D eigenvalue weighted by Crippen LogP contribution is -2.17. The minimum atomic E-state index is 0.0269. The van der Waals surface area contributed by atoms with Crippen LogP contribution in [0.15, 0.2) is 24.3 Å². The SMILES string of the molecule is CCCC(Cl)C(Cl)Cc1cc[c]cc1. The van der Waals surface area contributed by atoms with Gasteiger partial charge >= 0.3 is 0 Å². The number of halogens is 2. The largest absolute Gasteiger partial charge is 0.121 e. The van der Waals surface area contributed by atoms with Crippen molar-refractivity contribution in [3.8, 4) is 0 Å². The Kier molecular flexibility index (Phi) is 5.36. The lowest BCUT2D eigenvalue weighted by atomic mass is 10.1. The van der Waals surface area contributed by atoms with Gasteiger partial charge in [0.05, 0.1) is 10.8 Å². The summed E-state index contributed by atoms with van der Waals surface area (Å²) in [5.41, 5.74) is 1.23. The molecule has 0 aliphatic rings. The van der Waals surface area contributed by atoms with Crippen LogP contribution in [-0.4, -0.2) is 10.8 Å². The molecular formula is C12H15Cl2. The second-order valence-corrected chi connectivity index (χ2v) is 4.55. The van der Waals surface area contributed by atoms with Crippen molar-refractivity contribution in [2.75, 3.05) is 0 Å². The van der Waals surface area contributed by atoms with E-state index in [9.17, 15) is 0 Å². The predicted molar refractivity (Wildman–Crippen MR) is 63.2 cm³/mol. The first-order chi connectivity index (χ1) is 6.74. The summed E-state index contributed by atoms with van der Waals surface area (Å²) in [7, 11) is 0. The molecule has 0 heterocycles. The molecule has 0 fully saturated rings. The van der Waals surface area contributed by atoms with E-state index in [0.29, 0.717) is 0 Å². The van der Waals surface area contributed by atoms with Gasteiger partial charge in [0.1, 0.15) is 0 Å². The molecule has 1 aromatic rings. The summed E-state index contributed by atoms with van der Waals surface area (Å²) in [6, 6.07) is 10.9. The van der Waals surface area contributed by atoms with Gasteiger partial charge in [0, 0.05) is 0 Å². The zero-order chi connectivity index (χ0) is 10.4. The summed E-state index contributed by atoms with van der Waals surface area (Å²) < 4.78 is 0. The topological polar surface area (TPSA) is 0 Å². The number of hydrogen-bond acceptors (Lipinski definition) is 0. The Morgan fingerprint density at radius 2 is 1.86 bits per heavy atom. The third-order valence-corrected chi connectivity index (χ3v) is 3.28. The number of hydrogen-bond donors (Lipinski definition) is 0. The summed E-state index contributed by atoms with van der Waals surface area (Å²) in [5, 5.41) is 0.102. The Balaban J connectivity index is 2.44. The fourth-order valence-corrected chi connectivity index (χ4v) is 1.98. The Labute approximate surface area is 96.2 Å². The lowest BCUT2D eigenvalue weighted by Gasteiger charge is -2.15. The van der Waals surface area contributed by atoms with Crippen molar-refractivity contribution in [2.45, 2.75) is 36.9 Å². The van der Waals surface area contributed by atoms with Gasteiger partial charge < -0.3 is 0 Å². The minimum Gasteiger partial charge on any atom is -0.121 e. The van der Waals surface area contributed by atoms with Crippen LogP contribution in [0.5, 0.6) is 0 Å². The van der Waals surface area contributed by atoms with E-state index in [0.717, 1.165) is 19.3 Å². The smallest absolute Gasteiger partial charge is 0.0540 e. The number of benzene rings is 1.